The molecule has 4 aliphatic carbocycles. The van der Waals surface area contributed by atoms with E-state index in [1.54, 1.807) is 18.2 Å². The summed E-state index contributed by atoms with van der Waals surface area (Å²) in [7, 11) is 1.44. The Morgan fingerprint density at radius 3 is 2.38 bits per heavy atom. The van der Waals surface area contributed by atoms with E-state index in [1.807, 2.05) is 0 Å². The standard InChI is InChI=1S/C33H36F4N2O6/c1-44-28-9-4-17(15-45-19-13-26(40)27(41)14-19)11-23(28)31(42)39-30-21-7-6-20(22(21)10-16-2-3-16)29(30)32(43)38-18-5-8-25(34)24(12-18)33(35,36)37/h4-5,8-12,16,19-21,26-27,29-30,40-41H,2-3,6-7,13-15H2,1H3,(H,38,43)(H,39,42)/b22-10-/t19?,20-,21+,26-,27+,29-,30+/m0/s1. The lowest BCUT2D eigenvalue weighted by molar-refractivity contribution is -0.140. The fourth-order valence-electron chi connectivity index (χ4n) is 7.16. The molecule has 0 heterocycles. The number of amides is 2. The molecule has 2 aromatic carbocycles. The van der Waals surface area contributed by atoms with Gasteiger partial charge in [-0.15, -0.1) is 0 Å². The van der Waals surface area contributed by atoms with Crippen LogP contribution in [0, 0.1) is 29.5 Å². The zero-order chi connectivity index (χ0) is 32.0. The number of alkyl halides is 3. The summed E-state index contributed by atoms with van der Waals surface area (Å²) in [6, 6.07) is 6.76. The molecule has 242 valence electrons. The second-order valence-corrected chi connectivity index (χ2v) is 12.6. The minimum absolute atomic E-state index is 0.105. The number of fused-ring (bicyclic) bond motifs is 2. The van der Waals surface area contributed by atoms with E-state index in [0.717, 1.165) is 30.9 Å². The highest BCUT2D eigenvalue weighted by molar-refractivity contribution is 5.99. The van der Waals surface area contributed by atoms with Crippen LogP contribution in [0.3, 0.4) is 0 Å². The van der Waals surface area contributed by atoms with Gasteiger partial charge in [0.25, 0.3) is 5.91 Å². The molecular formula is C33H36F4N2O6. The Labute approximate surface area is 257 Å². The molecule has 0 saturated heterocycles. The second kappa shape index (κ2) is 12.4. The quantitative estimate of drug-likeness (QED) is 0.229. The number of ether oxygens (including phenoxy) is 2. The number of benzene rings is 2. The largest absolute Gasteiger partial charge is 0.496 e. The predicted molar refractivity (Wildman–Crippen MR) is 155 cm³/mol. The molecular weight excluding hydrogens is 596 g/mol. The number of nitrogens with one attached hydrogen (secondary N) is 2. The van der Waals surface area contributed by atoms with Gasteiger partial charge in [0, 0.05) is 30.5 Å². The molecule has 2 bridgehead atoms. The molecule has 7 atom stereocenters. The van der Waals surface area contributed by atoms with Gasteiger partial charge in [-0.1, -0.05) is 17.7 Å². The van der Waals surface area contributed by atoms with Gasteiger partial charge in [0.1, 0.15) is 11.6 Å². The molecule has 8 nitrogen and oxygen atoms in total. The van der Waals surface area contributed by atoms with Gasteiger partial charge in [-0.05, 0) is 73.4 Å². The van der Waals surface area contributed by atoms with E-state index in [4.69, 9.17) is 9.47 Å². The van der Waals surface area contributed by atoms with Crippen LogP contribution in [-0.4, -0.2) is 53.5 Å². The highest BCUT2D eigenvalue weighted by Gasteiger charge is 2.55. The SMILES string of the molecule is COc1ccc(COC2C[C@@H](O)[C@@H](O)C2)cc1C(=O)N[C@H]1[C@@H](C(=O)Nc2ccc(F)c(C(F)(F)F)c2)[C@H]2CC[C@@H]1/C2=C\C1CC1. The van der Waals surface area contributed by atoms with E-state index in [0.29, 0.717) is 48.6 Å². The van der Waals surface area contributed by atoms with Crippen molar-refractivity contribution in [2.75, 3.05) is 12.4 Å². The highest BCUT2D eigenvalue weighted by atomic mass is 19.4. The van der Waals surface area contributed by atoms with Crippen LogP contribution in [0.25, 0.3) is 0 Å². The van der Waals surface area contributed by atoms with Crippen LogP contribution < -0.4 is 15.4 Å². The summed E-state index contributed by atoms with van der Waals surface area (Å²) in [4.78, 5) is 27.5. The maximum atomic E-state index is 13.9. The van der Waals surface area contributed by atoms with Gasteiger partial charge in [0.15, 0.2) is 0 Å². The normalized spacial score (nSPS) is 30.1. The molecule has 12 heteroatoms. The molecule has 4 aliphatic rings. The Balaban J connectivity index is 1.23. The van der Waals surface area contributed by atoms with Crippen LogP contribution in [-0.2, 0) is 22.3 Å². The topological polar surface area (TPSA) is 117 Å². The first-order valence-corrected chi connectivity index (χ1v) is 15.3. The summed E-state index contributed by atoms with van der Waals surface area (Å²) < 4.78 is 65.2. The van der Waals surface area contributed by atoms with Crippen molar-refractivity contribution < 1.29 is 46.8 Å². The molecule has 4 saturated carbocycles. The van der Waals surface area contributed by atoms with Gasteiger partial charge < -0.3 is 30.3 Å². The number of allylic oxidation sites excluding steroid dienone is 1. The Morgan fingerprint density at radius 1 is 1.00 bits per heavy atom. The first-order valence-electron chi connectivity index (χ1n) is 15.3. The lowest BCUT2D eigenvalue weighted by atomic mass is 9.83. The number of aliphatic hydroxyl groups excluding tert-OH is 2. The number of methoxy groups -OCH3 is 1. The number of hydrogen-bond acceptors (Lipinski definition) is 6. The summed E-state index contributed by atoms with van der Waals surface area (Å²) in [5, 5.41) is 25.2. The fraction of sp³-hybridized carbons (Fsp3) is 0.515. The molecule has 0 aromatic heterocycles. The van der Waals surface area contributed by atoms with Crippen molar-refractivity contribution in [1.82, 2.24) is 5.32 Å². The third-order valence-corrected chi connectivity index (χ3v) is 9.54. The van der Waals surface area contributed by atoms with Gasteiger partial charge in [-0.3, -0.25) is 9.59 Å². The molecule has 1 unspecified atom stereocenters. The Hall–Kier alpha value is -3.48. The number of rotatable bonds is 9. The molecule has 0 aliphatic heterocycles. The molecule has 0 spiro atoms. The molecule has 2 amide bonds. The summed E-state index contributed by atoms with van der Waals surface area (Å²) >= 11 is 0. The number of anilines is 1. The average molecular weight is 633 g/mol. The third-order valence-electron chi connectivity index (χ3n) is 9.54. The smallest absolute Gasteiger partial charge is 0.419 e. The van der Waals surface area contributed by atoms with E-state index in [2.05, 4.69) is 16.7 Å². The maximum Gasteiger partial charge on any atom is 0.419 e. The lowest BCUT2D eigenvalue weighted by Crippen LogP contribution is -2.48. The fourth-order valence-corrected chi connectivity index (χ4v) is 7.16. The number of halogens is 4. The molecule has 2 aromatic rings. The van der Waals surface area contributed by atoms with Crippen molar-refractivity contribution in [3.8, 4) is 5.75 Å². The number of carbonyl (C=O) groups is 2. The summed E-state index contributed by atoms with van der Waals surface area (Å²) in [6.07, 6.45) is -0.532. The minimum Gasteiger partial charge on any atom is -0.496 e. The van der Waals surface area contributed by atoms with Crippen molar-refractivity contribution in [3.05, 3.63) is 70.6 Å². The Bertz CT molecular complexity index is 1480. The van der Waals surface area contributed by atoms with Crippen LogP contribution in [0.1, 0.15) is 60.0 Å². The predicted octanol–water partition coefficient (Wildman–Crippen LogP) is 4.98. The molecule has 0 radical (unpaired) electrons. The van der Waals surface area contributed by atoms with Gasteiger partial charge >= 0.3 is 6.18 Å². The van der Waals surface area contributed by atoms with E-state index >= 15 is 0 Å². The van der Waals surface area contributed by atoms with Crippen molar-refractivity contribution in [1.29, 1.82) is 0 Å². The highest BCUT2D eigenvalue weighted by Crippen LogP contribution is 2.54. The van der Waals surface area contributed by atoms with Gasteiger partial charge in [0.05, 0.1) is 49.1 Å². The van der Waals surface area contributed by atoms with E-state index in [9.17, 15) is 37.4 Å². The van der Waals surface area contributed by atoms with E-state index in [-0.39, 0.29) is 35.8 Å². The molecule has 6 rings (SSSR count). The zero-order valence-electron chi connectivity index (χ0n) is 24.6. The number of aliphatic hydroxyl groups is 2. The molecule has 4 N–H and O–H groups in total. The Kier molecular flexibility index (Phi) is 8.66. The zero-order valence-corrected chi connectivity index (χ0v) is 24.6. The van der Waals surface area contributed by atoms with Gasteiger partial charge in [0.2, 0.25) is 5.91 Å². The second-order valence-electron chi connectivity index (χ2n) is 12.6. The first kappa shape index (κ1) is 31.5. The van der Waals surface area contributed by atoms with Crippen LogP contribution in [0.4, 0.5) is 23.2 Å². The number of carbonyl (C=O) groups excluding carboxylic acids is 2. The van der Waals surface area contributed by atoms with Crippen LogP contribution in [0.2, 0.25) is 0 Å². The minimum atomic E-state index is -4.92. The van der Waals surface area contributed by atoms with Gasteiger partial charge in [-0.2, -0.15) is 13.2 Å². The van der Waals surface area contributed by atoms with Crippen molar-refractivity contribution >= 4 is 17.5 Å². The molecule has 4 fully saturated rings. The number of hydrogen-bond donors (Lipinski definition) is 4. The van der Waals surface area contributed by atoms with Crippen molar-refractivity contribution in [2.45, 2.75) is 75.7 Å². The summed E-state index contributed by atoms with van der Waals surface area (Å²) in [6.45, 7) is 0.138. The monoisotopic (exact) mass is 632 g/mol. The maximum absolute atomic E-state index is 13.9. The van der Waals surface area contributed by atoms with E-state index in [1.165, 1.54) is 7.11 Å². The van der Waals surface area contributed by atoms with Gasteiger partial charge in [-0.25, -0.2) is 4.39 Å². The summed E-state index contributed by atoms with van der Waals surface area (Å²) in [5.74, 6) is -2.73. The summed E-state index contributed by atoms with van der Waals surface area (Å²) in [5.41, 5.74) is 0.362. The van der Waals surface area contributed by atoms with Crippen LogP contribution >= 0.6 is 0 Å². The van der Waals surface area contributed by atoms with Crippen molar-refractivity contribution in [2.24, 2.45) is 23.7 Å². The first-order chi connectivity index (χ1) is 21.4. The Morgan fingerprint density at radius 2 is 1.71 bits per heavy atom. The van der Waals surface area contributed by atoms with Crippen molar-refractivity contribution in [3.63, 3.8) is 0 Å². The molecule has 45 heavy (non-hydrogen) atoms. The van der Waals surface area contributed by atoms with E-state index < -0.39 is 53.5 Å². The third kappa shape index (κ3) is 6.59. The van der Waals surface area contributed by atoms with Crippen LogP contribution in [0.5, 0.6) is 5.75 Å². The van der Waals surface area contributed by atoms with Crippen LogP contribution in [0.15, 0.2) is 48.0 Å². The lowest BCUT2D eigenvalue weighted by Gasteiger charge is -2.30. The average Bonchev–Trinajstić information content (AvgIpc) is 3.56.